The van der Waals surface area contributed by atoms with E-state index in [1.807, 2.05) is 6.92 Å². The molecule has 3 N–H and O–H groups in total. The van der Waals surface area contributed by atoms with Gasteiger partial charge in [-0.3, -0.25) is 9.69 Å². The third-order valence-corrected chi connectivity index (χ3v) is 3.66. The molecule has 1 unspecified atom stereocenters. The minimum Gasteiger partial charge on any atom is -0.348 e. The molecular weight excluding hydrogens is 293 g/mol. The largest absolute Gasteiger partial charge is 0.348 e. The molecule has 1 aromatic carbocycles. The van der Waals surface area contributed by atoms with Gasteiger partial charge in [0.25, 0.3) is 0 Å². The SMILES string of the molecule is CC(NC(=O)CN1CCC[C@@H](N)C1)c1ccc(F)cc1.Cl. The Morgan fingerprint density at radius 3 is 2.76 bits per heavy atom. The van der Waals surface area contributed by atoms with Crippen molar-refractivity contribution in [1.82, 2.24) is 10.2 Å². The van der Waals surface area contributed by atoms with Crippen LogP contribution in [0.5, 0.6) is 0 Å². The molecule has 0 saturated carbocycles. The van der Waals surface area contributed by atoms with Crippen LogP contribution in [0.3, 0.4) is 0 Å². The van der Waals surface area contributed by atoms with Crippen LogP contribution in [-0.2, 0) is 4.79 Å². The number of halogens is 2. The zero-order valence-electron chi connectivity index (χ0n) is 12.2. The number of piperidine rings is 1. The van der Waals surface area contributed by atoms with Crippen molar-refractivity contribution in [1.29, 1.82) is 0 Å². The molecule has 4 nitrogen and oxygen atoms in total. The molecule has 1 aliphatic heterocycles. The number of nitrogens with zero attached hydrogens (tertiary/aromatic N) is 1. The molecule has 6 heteroatoms. The molecule has 1 saturated heterocycles. The zero-order chi connectivity index (χ0) is 14.5. The summed E-state index contributed by atoms with van der Waals surface area (Å²) in [6.45, 7) is 3.97. The van der Waals surface area contributed by atoms with Crippen LogP contribution in [0.25, 0.3) is 0 Å². The van der Waals surface area contributed by atoms with E-state index in [-0.39, 0.29) is 36.2 Å². The number of hydrogen-bond donors (Lipinski definition) is 2. The van der Waals surface area contributed by atoms with Crippen LogP contribution in [0.1, 0.15) is 31.4 Å². The summed E-state index contributed by atoms with van der Waals surface area (Å²) in [6.07, 6.45) is 2.08. The summed E-state index contributed by atoms with van der Waals surface area (Å²) in [5.74, 6) is -0.287. The minimum absolute atomic E-state index is 0. The maximum atomic E-state index is 12.9. The molecule has 1 fully saturated rings. The predicted molar refractivity (Wildman–Crippen MR) is 83.9 cm³/mol. The number of carbonyl (C=O) groups is 1. The molecule has 0 bridgehead atoms. The summed E-state index contributed by atoms with van der Waals surface area (Å²) < 4.78 is 12.9. The number of hydrogen-bond acceptors (Lipinski definition) is 3. The van der Waals surface area contributed by atoms with Gasteiger partial charge in [0.15, 0.2) is 0 Å². The average molecular weight is 316 g/mol. The molecule has 0 aromatic heterocycles. The monoisotopic (exact) mass is 315 g/mol. The van der Waals surface area contributed by atoms with E-state index >= 15 is 0 Å². The Bertz CT molecular complexity index is 455. The van der Waals surface area contributed by atoms with Crippen LogP contribution >= 0.6 is 12.4 Å². The Balaban J connectivity index is 0.00000220. The van der Waals surface area contributed by atoms with Crippen LogP contribution in [-0.4, -0.2) is 36.5 Å². The summed E-state index contributed by atoms with van der Waals surface area (Å²) in [7, 11) is 0. The third kappa shape index (κ3) is 5.61. The lowest BCUT2D eigenvalue weighted by Crippen LogP contribution is -2.47. The molecule has 2 rings (SSSR count). The normalized spacial score (nSPS) is 20.4. The van der Waals surface area contributed by atoms with Gasteiger partial charge in [-0.2, -0.15) is 0 Å². The second-order valence-corrected chi connectivity index (χ2v) is 5.48. The molecule has 1 amide bonds. The quantitative estimate of drug-likeness (QED) is 0.891. The first-order valence-electron chi connectivity index (χ1n) is 7.07. The van der Waals surface area contributed by atoms with Crippen LogP contribution < -0.4 is 11.1 Å². The van der Waals surface area contributed by atoms with E-state index in [9.17, 15) is 9.18 Å². The Morgan fingerprint density at radius 2 is 2.14 bits per heavy atom. The fraction of sp³-hybridized carbons (Fsp3) is 0.533. The van der Waals surface area contributed by atoms with Crippen LogP contribution in [0.15, 0.2) is 24.3 Å². The van der Waals surface area contributed by atoms with Gasteiger partial charge in [-0.25, -0.2) is 4.39 Å². The van der Waals surface area contributed by atoms with Crippen molar-refractivity contribution in [3.05, 3.63) is 35.6 Å². The Morgan fingerprint density at radius 1 is 1.48 bits per heavy atom. The van der Waals surface area contributed by atoms with Crippen molar-refractivity contribution in [3.8, 4) is 0 Å². The fourth-order valence-electron chi connectivity index (χ4n) is 2.56. The van der Waals surface area contributed by atoms with E-state index in [0.717, 1.165) is 31.5 Å². The van der Waals surface area contributed by atoms with Crippen molar-refractivity contribution >= 4 is 18.3 Å². The van der Waals surface area contributed by atoms with E-state index in [1.54, 1.807) is 12.1 Å². The Hall–Kier alpha value is -1.17. The van der Waals surface area contributed by atoms with Gasteiger partial charge in [-0.05, 0) is 44.0 Å². The van der Waals surface area contributed by atoms with Gasteiger partial charge in [-0.1, -0.05) is 12.1 Å². The standard InChI is InChI=1S/C15H22FN3O.ClH/c1-11(12-4-6-13(16)7-5-12)18-15(20)10-19-8-2-3-14(17)9-19;/h4-7,11,14H,2-3,8-10,17H2,1H3,(H,18,20);1H/t11?,14-;/m1./s1. The predicted octanol–water partition coefficient (Wildman–Crippen LogP) is 1.85. The number of likely N-dealkylation sites (tertiary alicyclic amines) is 1. The van der Waals surface area contributed by atoms with Crippen LogP contribution in [0.2, 0.25) is 0 Å². The maximum absolute atomic E-state index is 12.9. The van der Waals surface area contributed by atoms with Crippen LogP contribution in [0, 0.1) is 5.82 Å². The van der Waals surface area contributed by atoms with E-state index < -0.39 is 0 Å². The lowest BCUT2D eigenvalue weighted by atomic mass is 10.1. The average Bonchev–Trinajstić information content (AvgIpc) is 2.39. The smallest absolute Gasteiger partial charge is 0.234 e. The molecule has 118 valence electrons. The molecule has 1 heterocycles. The van der Waals surface area contributed by atoms with E-state index in [1.165, 1.54) is 12.1 Å². The fourth-order valence-corrected chi connectivity index (χ4v) is 2.56. The summed E-state index contributed by atoms with van der Waals surface area (Å²) >= 11 is 0. The van der Waals surface area contributed by atoms with E-state index in [4.69, 9.17) is 5.73 Å². The second-order valence-electron chi connectivity index (χ2n) is 5.48. The molecule has 0 spiro atoms. The lowest BCUT2D eigenvalue weighted by molar-refractivity contribution is -0.123. The second kappa shape index (κ2) is 8.32. The van der Waals surface area contributed by atoms with Crippen molar-refractivity contribution in [3.63, 3.8) is 0 Å². The Kier molecular flexibility index (Phi) is 7.08. The molecule has 1 aliphatic rings. The highest BCUT2D eigenvalue weighted by molar-refractivity contribution is 5.85. The Labute approximate surface area is 131 Å². The van der Waals surface area contributed by atoms with Gasteiger partial charge in [0.2, 0.25) is 5.91 Å². The molecular formula is C15H23ClFN3O. The number of carbonyl (C=O) groups excluding carboxylic acids is 1. The number of nitrogens with one attached hydrogen (secondary N) is 1. The number of benzene rings is 1. The number of rotatable bonds is 4. The topological polar surface area (TPSA) is 58.4 Å². The van der Waals surface area contributed by atoms with Gasteiger partial charge < -0.3 is 11.1 Å². The van der Waals surface area contributed by atoms with Crippen molar-refractivity contribution in [2.24, 2.45) is 5.73 Å². The number of nitrogens with two attached hydrogens (primary N) is 1. The molecule has 2 atom stereocenters. The first-order chi connectivity index (χ1) is 9.54. The molecule has 1 aromatic rings. The highest BCUT2D eigenvalue weighted by Gasteiger charge is 2.19. The summed E-state index contributed by atoms with van der Waals surface area (Å²) in [5.41, 5.74) is 6.80. The molecule has 0 radical (unpaired) electrons. The van der Waals surface area contributed by atoms with Gasteiger partial charge in [-0.15, -0.1) is 12.4 Å². The highest BCUT2D eigenvalue weighted by atomic mass is 35.5. The number of amides is 1. The maximum Gasteiger partial charge on any atom is 0.234 e. The summed E-state index contributed by atoms with van der Waals surface area (Å²) in [6, 6.07) is 6.24. The van der Waals surface area contributed by atoms with Gasteiger partial charge in [0, 0.05) is 12.6 Å². The highest BCUT2D eigenvalue weighted by Crippen LogP contribution is 2.13. The lowest BCUT2D eigenvalue weighted by Gasteiger charge is -2.30. The third-order valence-electron chi connectivity index (χ3n) is 3.66. The van der Waals surface area contributed by atoms with Gasteiger partial charge in [0.05, 0.1) is 12.6 Å². The molecule has 21 heavy (non-hydrogen) atoms. The van der Waals surface area contributed by atoms with Crippen molar-refractivity contribution < 1.29 is 9.18 Å². The zero-order valence-corrected chi connectivity index (χ0v) is 13.0. The van der Waals surface area contributed by atoms with Gasteiger partial charge in [0.1, 0.15) is 5.82 Å². The van der Waals surface area contributed by atoms with Crippen LogP contribution in [0.4, 0.5) is 4.39 Å². The first-order valence-corrected chi connectivity index (χ1v) is 7.07. The summed E-state index contributed by atoms with van der Waals surface area (Å²) in [4.78, 5) is 14.1. The minimum atomic E-state index is -0.269. The summed E-state index contributed by atoms with van der Waals surface area (Å²) in [5, 5.41) is 2.93. The van der Waals surface area contributed by atoms with Crippen molar-refractivity contribution in [2.45, 2.75) is 31.8 Å². The van der Waals surface area contributed by atoms with Crippen molar-refractivity contribution in [2.75, 3.05) is 19.6 Å². The van der Waals surface area contributed by atoms with E-state index in [0.29, 0.717) is 6.54 Å². The van der Waals surface area contributed by atoms with Gasteiger partial charge >= 0.3 is 0 Å². The molecule has 0 aliphatic carbocycles. The first kappa shape index (κ1) is 17.9. The van der Waals surface area contributed by atoms with E-state index in [2.05, 4.69) is 10.2 Å².